The van der Waals surface area contributed by atoms with Gasteiger partial charge in [0, 0.05) is 18.4 Å². The summed E-state index contributed by atoms with van der Waals surface area (Å²) in [5, 5.41) is 0. The minimum atomic E-state index is -3.56. The third-order valence-corrected chi connectivity index (χ3v) is 4.08. The van der Waals surface area contributed by atoms with Crippen LogP contribution in [0.2, 0.25) is 0 Å². The number of rotatable bonds is 5. The highest BCUT2D eigenvalue weighted by atomic mass is 32.2. The molecule has 1 aromatic heterocycles. The number of nitrogens with two attached hydrogens (primary N) is 1. The lowest BCUT2D eigenvalue weighted by atomic mass is 10.1. The van der Waals surface area contributed by atoms with Crippen LogP contribution in [0.3, 0.4) is 0 Å². The second kappa shape index (κ2) is 5.52. The summed E-state index contributed by atoms with van der Waals surface area (Å²) in [6.07, 6.45) is 3.21. The molecule has 0 aliphatic rings. The molecule has 0 fully saturated rings. The van der Waals surface area contributed by atoms with Crippen molar-refractivity contribution in [3.8, 4) is 0 Å². The molecule has 102 valence electrons. The Hall–Kier alpha value is -1.70. The molecule has 0 spiro atoms. The molecule has 7 heteroatoms. The molecular weight excluding hydrogens is 264 g/mol. The van der Waals surface area contributed by atoms with E-state index in [9.17, 15) is 8.42 Å². The monoisotopic (exact) mass is 280 g/mol. The van der Waals surface area contributed by atoms with Gasteiger partial charge < -0.3 is 10.7 Å². The lowest BCUT2D eigenvalue weighted by molar-refractivity contribution is 0.579. The summed E-state index contributed by atoms with van der Waals surface area (Å²) in [4.78, 5) is 6.99. The van der Waals surface area contributed by atoms with E-state index >= 15 is 0 Å². The summed E-state index contributed by atoms with van der Waals surface area (Å²) in [5.74, 6) is 0.562. The van der Waals surface area contributed by atoms with Gasteiger partial charge in [-0.1, -0.05) is 12.1 Å². The predicted octanol–water partition coefficient (Wildman–Crippen LogP) is 0.908. The van der Waals surface area contributed by atoms with Crippen LogP contribution < -0.4 is 10.5 Å². The first kappa shape index (κ1) is 13.7. The van der Waals surface area contributed by atoms with Crippen molar-refractivity contribution in [3.05, 3.63) is 48.0 Å². The molecular formula is C12H16N4O2S. The van der Waals surface area contributed by atoms with Crippen LogP contribution in [0.15, 0.2) is 41.6 Å². The highest BCUT2D eigenvalue weighted by Crippen LogP contribution is 2.15. The van der Waals surface area contributed by atoms with Crippen LogP contribution in [0, 0.1) is 0 Å². The number of nitrogens with zero attached hydrogens (tertiary/aromatic N) is 1. The van der Waals surface area contributed by atoms with E-state index in [1.165, 1.54) is 6.07 Å². The smallest absolute Gasteiger partial charge is 0.240 e. The van der Waals surface area contributed by atoms with Gasteiger partial charge in [-0.15, -0.1) is 0 Å². The normalized spacial score (nSPS) is 13.4. The molecule has 6 nitrogen and oxygen atoms in total. The average Bonchev–Trinajstić information content (AvgIpc) is 2.90. The Morgan fingerprint density at radius 1 is 1.47 bits per heavy atom. The van der Waals surface area contributed by atoms with Gasteiger partial charge in [0.1, 0.15) is 5.82 Å². The van der Waals surface area contributed by atoms with Crippen molar-refractivity contribution in [2.24, 2.45) is 5.73 Å². The van der Waals surface area contributed by atoms with Crippen molar-refractivity contribution in [2.45, 2.75) is 24.4 Å². The second-order valence-corrected chi connectivity index (χ2v) is 5.99. The van der Waals surface area contributed by atoms with E-state index in [1.807, 2.05) is 6.92 Å². The van der Waals surface area contributed by atoms with Crippen molar-refractivity contribution in [2.75, 3.05) is 0 Å². The standard InChI is InChI=1S/C12H16N4O2S/c1-9(13)10-3-2-4-11(7-10)19(17,18)16-8-12-14-5-6-15-12/h2-7,9,16H,8,13H2,1H3,(H,14,15). The van der Waals surface area contributed by atoms with Crippen LogP contribution in [0.4, 0.5) is 0 Å². The van der Waals surface area contributed by atoms with Gasteiger partial charge in [0.15, 0.2) is 0 Å². The Kier molecular flexibility index (Phi) is 3.98. The van der Waals surface area contributed by atoms with Gasteiger partial charge in [-0.25, -0.2) is 18.1 Å². The van der Waals surface area contributed by atoms with E-state index in [1.54, 1.807) is 30.6 Å². The number of imidazole rings is 1. The highest BCUT2D eigenvalue weighted by molar-refractivity contribution is 7.89. The van der Waals surface area contributed by atoms with Gasteiger partial charge >= 0.3 is 0 Å². The SMILES string of the molecule is CC(N)c1cccc(S(=O)(=O)NCc2ncc[nH]2)c1. The molecule has 0 saturated heterocycles. The zero-order valence-electron chi connectivity index (χ0n) is 10.5. The molecule has 4 N–H and O–H groups in total. The van der Waals surface area contributed by atoms with Gasteiger partial charge in [0.05, 0.1) is 11.4 Å². The van der Waals surface area contributed by atoms with Crippen molar-refractivity contribution >= 4 is 10.0 Å². The summed E-state index contributed by atoms with van der Waals surface area (Å²) >= 11 is 0. The molecule has 1 unspecified atom stereocenters. The first-order chi connectivity index (χ1) is 8.99. The molecule has 0 bridgehead atoms. The van der Waals surface area contributed by atoms with Gasteiger partial charge in [0.25, 0.3) is 0 Å². The second-order valence-electron chi connectivity index (χ2n) is 4.22. The molecule has 0 aliphatic heterocycles. The molecule has 2 rings (SSSR count). The molecule has 1 aromatic carbocycles. The fourth-order valence-electron chi connectivity index (χ4n) is 1.61. The Labute approximate surface area is 112 Å². The third kappa shape index (κ3) is 3.40. The van der Waals surface area contributed by atoms with E-state index < -0.39 is 10.0 Å². The predicted molar refractivity (Wildman–Crippen MR) is 71.7 cm³/mol. The minimum Gasteiger partial charge on any atom is -0.347 e. The van der Waals surface area contributed by atoms with Crippen LogP contribution in [-0.2, 0) is 16.6 Å². The van der Waals surface area contributed by atoms with Crippen molar-refractivity contribution < 1.29 is 8.42 Å². The third-order valence-electron chi connectivity index (χ3n) is 2.68. The average molecular weight is 280 g/mol. The van der Waals surface area contributed by atoms with Crippen molar-refractivity contribution in [1.29, 1.82) is 0 Å². The number of hydrogen-bond acceptors (Lipinski definition) is 4. The molecule has 1 heterocycles. The van der Waals surface area contributed by atoms with Crippen molar-refractivity contribution in [3.63, 3.8) is 0 Å². The number of benzene rings is 1. The van der Waals surface area contributed by atoms with Gasteiger partial charge in [0.2, 0.25) is 10.0 Å². The van der Waals surface area contributed by atoms with Crippen LogP contribution in [0.5, 0.6) is 0 Å². The molecule has 0 radical (unpaired) electrons. The maximum absolute atomic E-state index is 12.1. The number of nitrogens with one attached hydrogen (secondary N) is 2. The summed E-state index contributed by atoms with van der Waals surface area (Å²) in [6.45, 7) is 1.93. The minimum absolute atomic E-state index is 0.123. The van der Waals surface area contributed by atoms with E-state index in [2.05, 4.69) is 14.7 Å². The molecule has 0 amide bonds. The zero-order chi connectivity index (χ0) is 13.9. The topological polar surface area (TPSA) is 101 Å². The van der Waals surface area contributed by atoms with Gasteiger partial charge in [-0.2, -0.15) is 0 Å². The molecule has 19 heavy (non-hydrogen) atoms. The summed E-state index contributed by atoms with van der Waals surface area (Å²) in [5.41, 5.74) is 6.53. The number of aromatic amines is 1. The summed E-state index contributed by atoms with van der Waals surface area (Å²) in [7, 11) is -3.56. The van der Waals surface area contributed by atoms with Crippen molar-refractivity contribution in [1.82, 2.24) is 14.7 Å². The summed E-state index contributed by atoms with van der Waals surface area (Å²) < 4.78 is 26.7. The molecule has 2 aromatic rings. The first-order valence-electron chi connectivity index (χ1n) is 5.82. The van der Waals surface area contributed by atoms with Crippen LogP contribution >= 0.6 is 0 Å². The van der Waals surface area contributed by atoms with Gasteiger partial charge in [-0.3, -0.25) is 0 Å². The lowest BCUT2D eigenvalue weighted by Gasteiger charge is -2.09. The van der Waals surface area contributed by atoms with Gasteiger partial charge in [-0.05, 0) is 24.6 Å². The summed E-state index contributed by atoms with van der Waals surface area (Å²) in [6, 6.07) is 6.39. The Morgan fingerprint density at radius 3 is 2.89 bits per heavy atom. The zero-order valence-corrected chi connectivity index (χ0v) is 11.3. The number of sulfonamides is 1. The van der Waals surface area contributed by atoms with Crippen LogP contribution in [-0.4, -0.2) is 18.4 Å². The largest absolute Gasteiger partial charge is 0.347 e. The van der Waals surface area contributed by atoms with E-state index in [0.717, 1.165) is 5.56 Å². The van der Waals surface area contributed by atoms with E-state index in [-0.39, 0.29) is 17.5 Å². The fraction of sp³-hybridized carbons (Fsp3) is 0.250. The van der Waals surface area contributed by atoms with Crippen LogP contribution in [0.25, 0.3) is 0 Å². The van der Waals surface area contributed by atoms with E-state index in [4.69, 9.17) is 5.73 Å². The lowest BCUT2D eigenvalue weighted by Crippen LogP contribution is -2.24. The molecule has 1 atom stereocenters. The fourth-order valence-corrected chi connectivity index (χ4v) is 2.65. The first-order valence-corrected chi connectivity index (χ1v) is 7.31. The Balaban J connectivity index is 2.17. The highest BCUT2D eigenvalue weighted by Gasteiger charge is 2.15. The maximum atomic E-state index is 12.1. The number of aromatic nitrogens is 2. The number of H-pyrrole nitrogens is 1. The molecule has 0 saturated carbocycles. The Bertz CT molecular complexity index is 636. The quantitative estimate of drug-likeness (QED) is 0.757. The number of hydrogen-bond donors (Lipinski definition) is 3. The van der Waals surface area contributed by atoms with Crippen LogP contribution in [0.1, 0.15) is 24.4 Å². The maximum Gasteiger partial charge on any atom is 0.240 e. The Morgan fingerprint density at radius 2 is 2.26 bits per heavy atom. The van der Waals surface area contributed by atoms with E-state index in [0.29, 0.717) is 5.82 Å². The molecule has 0 aliphatic carbocycles.